The number of benzene rings is 2. The Kier molecular flexibility index (Phi) is 6.56. The van der Waals surface area contributed by atoms with Gasteiger partial charge in [0.05, 0.1) is 12.8 Å². The third-order valence-electron chi connectivity index (χ3n) is 3.44. The summed E-state index contributed by atoms with van der Waals surface area (Å²) in [5.74, 6) is 0.233. The lowest BCUT2D eigenvalue weighted by molar-refractivity contribution is -0.116. The number of ether oxygens (including phenoxy) is 1. The molecular formula is C18H21FN2O2. The molecule has 2 aromatic rings. The van der Waals surface area contributed by atoms with Crippen molar-refractivity contribution in [1.29, 1.82) is 0 Å². The molecule has 0 fully saturated rings. The number of rotatable bonds is 8. The molecule has 5 heteroatoms. The lowest BCUT2D eigenvalue weighted by Gasteiger charge is -2.09. The molecule has 0 aliphatic rings. The number of amides is 1. The van der Waals surface area contributed by atoms with E-state index >= 15 is 0 Å². The van der Waals surface area contributed by atoms with Gasteiger partial charge in [-0.1, -0.05) is 30.3 Å². The average molecular weight is 316 g/mol. The maximum Gasteiger partial charge on any atom is 0.225 e. The second-order valence-corrected chi connectivity index (χ2v) is 5.09. The number of hydrogen-bond acceptors (Lipinski definition) is 3. The van der Waals surface area contributed by atoms with Gasteiger partial charge in [0.25, 0.3) is 0 Å². The normalized spacial score (nSPS) is 10.3. The Morgan fingerprint density at radius 3 is 2.61 bits per heavy atom. The number of nitrogens with one attached hydrogen (secondary N) is 2. The van der Waals surface area contributed by atoms with Crippen molar-refractivity contribution in [3.63, 3.8) is 0 Å². The number of para-hydroxylation sites is 2. The molecule has 0 spiro atoms. The van der Waals surface area contributed by atoms with E-state index in [0.717, 1.165) is 24.3 Å². The smallest absolute Gasteiger partial charge is 0.225 e. The van der Waals surface area contributed by atoms with Gasteiger partial charge < -0.3 is 15.4 Å². The molecule has 0 bridgehead atoms. The molecule has 1 amide bonds. The van der Waals surface area contributed by atoms with Crippen molar-refractivity contribution >= 4 is 11.6 Å². The Labute approximate surface area is 135 Å². The Morgan fingerprint density at radius 2 is 1.83 bits per heavy atom. The van der Waals surface area contributed by atoms with Crippen LogP contribution in [0, 0.1) is 5.82 Å². The van der Waals surface area contributed by atoms with Crippen LogP contribution in [0.4, 0.5) is 10.1 Å². The highest BCUT2D eigenvalue weighted by Crippen LogP contribution is 2.17. The molecule has 2 N–H and O–H groups in total. The number of anilines is 1. The number of carbonyl (C=O) groups excluding carboxylic acids is 1. The zero-order chi connectivity index (χ0) is 16.5. The van der Waals surface area contributed by atoms with Crippen molar-refractivity contribution in [1.82, 2.24) is 5.32 Å². The largest absolute Gasteiger partial charge is 0.496 e. The first kappa shape index (κ1) is 17.0. The summed E-state index contributed by atoms with van der Waals surface area (Å²) >= 11 is 0. The molecule has 4 nitrogen and oxygen atoms in total. The second-order valence-electron chi connectivity index (χ2n) is 5.09. The first-order valence-electron chi connectivity index (χ1n) is 7.57. The van der Waals surface area contributed by atoms with E-state index in [-0.39, 0.29) is 11.6 Å². The zero-order valence-corrected chi connectivity index (χ0v) is 13.1. The molecule has 0 saturated carbocycles. The maximum atomic E-state index is 13.4. The second kappa shape index (κ2) is 8.90. The summed E-state index contributed by atoms with van der Waals surface area (Å²) in [5.41, 5.74) is 1.34. The summed E-state index contributed by atoms with van der Waals surface area (Å²) in [4.78, 5) is 11.8. The highest BCUT2D eigenvalue weighted by Gasteiger charge is 2.06. The number of hydrogen-bond donors (Lipinski definition) is 2. The summed E-state index contributed by atoms with van der Waals surface area (Å²) in [6.45, 7) is 1.28. The Bertz CT molecular complexity index is 646. The first-order valence-corrected chi connectivity index (χ1v) is 7.57. The van der Waals surface area contributed by atoms with Crippen LogP contribution in [-0.2, 0) is 11.2 Å². The van der Waals surface area contributed by atoms with Gasteiger partial charge in [-0.2, -0.15) is 0 Å². The fraction of sp³-hybridized carbons (Fsp3) is 0.278. The van der Waals surface area contributed by atoms with Crippen LogP contribution < -0.4 is 15.4 Å². The standard InChI is InChI=1S/C18H21FN2O2/c1-23-17-9-5-2-6-14(17)10-12-20-13-11-18(22)21-16-8-4-3-7-15(16)19/h2-9,20H,10-13H2,1H3,(H,21,22). The average Bonchev–Trinajstić information content (AvgIpc) is 2.57. The van der Waals surface area contributed by atoms with E-state index in [0.29, 0.717) is 13.0 Å². The van der Waals surface area contributed by atoms with Gasteiger partial charge in [0.1, 0.15) is 11.6 Å². The minimum Gasteiger partial charge on any atom is -0.496 e. The fourth-order valence-electron chi connectivity index (χ4n) is 2.23. The van der Waals surface area contributed by atoms with Crippen LogP contribution in [0.5, 0.6) is 5.75 Å². The van der Waals surface area contributed by atoms with Gasteiger partial charge in [-0.25, -0.2) is 4.39 Å². The first-order chi connectivity index (χ1) is 11.2. The van der Waals surface area contributed by atoms with Gasteiger partial charge in [-0.05, 0) is 36.7 Å². The minimum absolute atomic E-state index is 0.208. The molecule has 0 heterocycles. The highest BCUT2D eigenvalue weighted by molar-refractivity contribution is 5.90. The predicted octanol–water partition coefficient (Wildman–Crippen LogP) is 3.00. The van der Waals surface area contributed by atoms with E-state index in [1.54, 1.807) is 25.3 Å². The van der Waals surface area contributed by atoms with Crippen molar-refractivity contribution in [3.8, 4) is 5.75 Å². The molecule has 0 unspecified atom stereocenters. The number of halogens is 1. The molecule has 0 atom stereocenters. The van der Waals surface area contributed by atoms with Crippen LogP contribution >= 0.6 is 0 Å². The lowest BCUT2D eigenvalue weighted by atomic mass is 10.1. The van der Waals surface area contributed by atoms with E-state index < -0.39 is 5.82 Å². The third kappa shape index (κ3) is 5.38. The molecule has 0 aromatic heterocycles. The van der Waals surface area contributed by atoms with Crippen molar-refractivity contribution < 1.29 is 13.9 Å². The molecule has 23 heavy (non-hydrogen) atoms. The predicted molar refractivity (Wildman–Crippen MR) is 89.2 cm³/mol. The lowest BCUT2D eigenvalue weighted by Crippen LogP contribution is -2.24. The molecule has 122 valence electrons. The summed E-state index contributed by atoms with van der Waals surface area (Å²) in [6.07, 6.45) is 1.11. The summed E-state index contributed by atoms with van der Waals surface area (Å²) in [7, 11) is 1.65. The monoisotopic (exact) mass is 316 g/mol. The molecule has 0 aliphatic heterocycles. The Hall–Kier alpha value is -2.40. The topological polar surface area (TPSA) is 50.4 Å². The van der Waals surface area contributed by atoms with E-state index in [4.69, 9.17) is 4.74 Å². The van der Waals surface area contributed by atoms with E-state index in [1.807, 2.05) is 24.3 Å². The maximum absolute atomic E-state index is 13.4. The fourth-order valence-corrected chi connectivity index (χ4v) is 2.23. The van der Waals surface area contributed by atoms with Gasteiger partial charge in [-0.3, -0.25) is 4.79 Å². The van der Waals surface area contributed by atoms with Crippen molar-refractivity contribution in [3.05, 3.63) is 59.9 Å². The summed E-state index contributed by atoms with van der Waals surface area (Å²) in [6, 6.07) is 14.0. The summed E-state index contributed by atoms with van der Waals surface area (Å²) < 4.78 is 18.7. The van der Waals surface area contributed by atoms with Crippen molar-refractivity contribution in [2.75, 3.05) is 25.5 Å². The molecule has 0 aliphatic carbocycles. The van der Waals surface area contributed by atoms with Crippen LogP contribution in [0.1, 0.15) is 12.0 Å². The quantitative estimate of drug-likeness (QED) is 0.736. The Morgan fingerprint density at radius 1 is 1.09 bits per heavy atom. The van der Waals surface area contributed by atoms with E-state index in [9.17, 15) is 9.18 Å². The van der Waals surface area contributed by atoms with Crippen molar-refractivity contribution in [2.24, 2.45) is 0 Å². The minimum atomic E-state index is -0.426. The van der Waals surface area contributed by atoms with Crippen LogP contribution in [0.3, 0.4) is 0 Å². The van der Waals surface area contributed by atoms with Gasteiger partial charge in [-0.15, -0.1) is 0 Å². The van der Waals surface area contributed by atoms with E-state index in [1.165, 1.54) is 6.07 Å². The molecular weight excluding hydrogens is 295 g/mol. The number of methoxy groups -OCH3 is 1. The van der Waals surface area contributed by atoms with Crippen molar-refractivity contribution in [2.45, 2.75) is 12.8 Å². The van der Waals surface area contributed by atoms with Gasteiger partial charge in [0.15, 0.2) is 0 Å². The van der Waals surface area contributed by atoms with Gasteiger partial charge in [0.2, 0.25) is 5.91 Å². The zero-order valence-electron chi connectivity index (χ0n) is 13.1. The molecule has 2 rings (SSSR count). The number of carbonyl (C=O) groups is 1. The highest BCUT2D eigenvalue weighted by atomic mass is 19.1. The molecule has 0 radical (unpaired) electrons. The third-order valence-corrected chi connectivity index (χ3v) is 3.44. The van der Waals surface area contributed by atoms with E-state index in [2.05, 4.69) is 10.6 Å². The molecule has 2 aromatic carbocycles. The van der Waals surface area contributed by atoms with Gasteiger partial charge in [0, 0.05) is 13.0 Å². The van der Waals surface area contributed by atoms with Crippen LogP contribution in [0.25, 0.3) is 0 Å². The SMILES string of the molecule is COc1ccccc1CCNCCC(=O)Nc1ccccc1F. The Balaban J connectivity index is 1.67. The van der Waals surface area contributed by atoms with Crippen LogP contribution in [0.15, 0.2) is 48.5 Å². The summed E-state index contributed by atoms with van der Waals surface area (Å²) in [5, 5.41) is 5.77. The molecule has 0 saturated heterocycles. The van der Waals surface area contributed by atoms with Gasteiger partial charge >= 0.3 is 0 Å². The van der Waals surface area contributed by atoms with Crippen LogP contribution in [0.2, 0.25) is 0 Å². The van der Waals surface area contributed by atoms with Crippen LogP contribution in [-0.4, -0.2) is 26.1 Å².